The van der Waals surface area contributed by atoms with E-state index in [4.69, 9.17) is 5.11 Å². The summed E-state index contributed by atoms with van der Waals surface area (Å²) in [7, 11) is 0. The maximum Gasteiger partial charge on any atom is 0.326 e. The number of nitrogens with one attached hydrogen (secondary N) is 2. The molecule has 0 heterocycles. The number of carbonyl (C=O) groups excluding carboxylic acids is 3. The minimum absolute atomic E-state index is 0.0169. The highest BCUT2D eigenvalue weighted by Crippen LogP contribution is 1.99. The van der Waals surface area contributed by atoms with E-state index in [1.165, 1.54) is 6.92 Å². The Morgan fingerprint density at radius 3 is 2.32 bits per heavy atom. The normalized spacial score (nSPS) is 11.3. The molecule has 1 aromatic carbocycles. The van der Waals surface area contributed by atoms with E-state index in [1.807, 2.05) is 0 Å². The predicted molar refractivity (Wildman–Crippen MR) is 78.3 cm³/mol. The topological polar surface area (TPSA) is 113 Å². The van der Waals surface area contributed by atoms with E-state index in [0.717, 1.165) is 0 Å². The number of carbonyl (C=O) groups is 4. The third kappa shape index (κ3) is 6.17. The average Bonchev–Trinajstić information content (AvgIpc) is 2.49. The van der Waals surface area contributed by atoms with Crippen LogP contribution in [0.2, 0.25) is 0 Å². The third-order valence-corrected chi connectivity index (χ3v) is 2.86. The summed E-state index contributed by atoms with van der Waals surface area (Å²) in [5, 5.41) is 13.6. The zero-order valence-electron chi connectivity index (χ0n) is 12.2. The molecule has 0 spiro atoms. The van der Waals surface area contributed by atoms with Gasteiger partial charge in [0.2, 0.25) is 5.91 Å². The van der Waals surface area contributed by atoms with Crippen molar-refractivity contribution in [1.82, 2.24) is 10.6 Å². The SMILES string of the molecule is CC(=O)CC[C@H](NC(=O)CNC(=O)c1ccccc1)C(=O)O. The molecule has 1 rings (SSSR count). The first-order valence-electron chi connectivity index (χ1n) is 6.75. The van der Waals surface area contributed by atoms with Gasteiger partial charge in [0.25, 0.3) is 5.91 Å². The second-order valence-corrected chi connectivity index (χ2v) is 4.75. The van der Waals surface area contributed by atoms with E-state index in [2.05, 4.69) is 10.6 Å². The van der Waals surface area contributed by atoms with Crippen molar-refractivity contribution in [3.05, 3.63) is 35.9 Å². The highest BCUT2D eigenvalue weighted by Gasteiger charge is 2.20. The van der Waals surface area contributed by atoms with Gasteiger partial charge in [-0.1, -0.05) is 18.2 Å². The van der Waals surface area contributed by atoms with Crippen LogP contribution in [0.1, 0.15) is 30.1 Å². The monoisotopic (exact) mass is 306 g/mol. The molecule has 0 aliphatic heterocycles. The third-order valence-electron chi connectivity index (χ3n) is 2.86. The maximum absolute atomic E-state index is 11.7. The fourth-order valence-electron chi connectivity index (χ4n) is 1.70. The number of amides is 2. The van der Waals surface area contributed by atoms with Gasteiger partial charge in [-0.15, -0.1) is 0 Å². The number of rotatable bonds is 8. The lowest BCUT2D eigenvalue weighted by Crippen LogP contribution is -2.45. The molecule has 0 aliphatic rings. The van der Waals surface area contributed by atoms with Crippen LogP contribution in [0.3, 0.4) is 0 Å². The fourth-order valence-corrected chi connectivity index (χ4v) is 1.70. The Hall–Kier alpha value is -2.70. The first-order chi connectivity index (χ1) is 10.4. The smallest absolute Gasteiger partial charge is 0.326 e. The number of hydrogen-bond acceptors (Lipinski definition) is 4. The van der Waals surface area contributed by atoms with Gasteiger partial charge in [-0.25, -0.2) is 4.79 Å². The largest absolute Gasteiger partial charge is 0.480 e. The number of ketones is 1. The van der Waals surface area contributed by atoms with Gasteiger partial charge in [-0.3, -0.25) is 9.59 Å². The minimum atomic E-state index is -1.22. The molecule has 0 saturated carbocycles. The lowest BCUT2D eigenvalue weighted by molar-refractivity contribution is -0.142. The Morgan fingerprint density at radius 2 is 1.77 bits per heavy atom. The van der Waals surface area contributed by atoms with Crippen molar-refractivity contribution < 1.29 is 24.3 Å². The van der Waals surface area contributed by atoms with Crippen molar-refractivity contribution in [2.45, 2.75) is 25.8 Å². The van der Waals surface area contributed by atoms with Gasteiger partial charge in [0.1, 0.15) is 11.8 Å². The van der Waals surface area contributed by atoms with E-state index >= 15 is 0 Å². The lowest BCUT2D eigenvalue weighted by atomic mass is 10.1. The molecule has 0 radical (unpaired) electrons. The summed E-state index contributed by atoms with van der Waals surface area (Å²) < 4.78 is 0. The number of carboxylic acids is 1. The molecular formula is C15H18N2O5. The maximum atomic E-state index is 11.7. The zero-order chi connectivity index (χ0) is 16.5. The molecule has 2 amide bonds. The summed E-state index contributed by atoms with van der Waals surface area (Å²) in [6, 6.07) is 7.19. The summed E-state index contributed by atoms with van der Waals surface area (Å²) in [4.78, 5) is 45.3. The van der Waals surface area contributed by atoms with Gasteiger partial charge in [0.15, 0.2) is 0 Å². The zero-order valence-corrected chi connectivity index (χ0v) is 12.2. The highest BCUT2D eigenvalue weighted by molar-refractivity contribution is 5.96. The molecular weight excluding hydrogens is 288 g/mol. The summed E-state index contributed by atoms with van der Waals surface area (Å²) in [6.07, 6.45) is 0.0800. The van der Waals surface area contributed by atoms with Crippen LogP contribution >= 0.6 is 0 Å². The van der Waals surface area contributed by atoms with Crippen molar-refractivity contribution >= 4 is 23.6 Å². The molecule has 0 saturated heterocycles. The van der Waals surface area contributed by atoms with Crippen molar-refractivity contribution in [2.24, 2.45) is 0 Å². The second-order valence-electron chi connectivity index (χ2n) is 4.75. The number of Topliss-reactive ketones (excluding diaryl/α,β-unsaturated/α-hetero) is 1. The molecule has 3 N–H and O–H groups in total. The Balaban J connectivity index is 2.45. The molecule has 0 aromatic heterocycles. The fraction of sp³-hybridized carbons (Fsp3) is 0.333. The van der Waals surface area contributed by atoms with Crippen LogP contribution in [0.15, 0.2) is 30.3 Å². The van der Waals surface area contributed by atoms with Crippen LogP contribution in [0, 0.1) is 0 Å². The predicted octanol–water partition coefficient (Wildman–Crippen LogP) is 0.355. The molecule has 0 unspecified atom stereocenters. The van der Waals surface area contributed by atoms with Gasteiger partial charge in [-0.05, 0) is 25.5 Å². The summed E-state index contributed by atoms with van der Waals surface area (Å²) >= 11 is 0. The molecule has 0 bridgehead atoms. The van der Waals surface area contributed by atoms with Gasteiger partial charge in [-0.2, -0.15) is 0 Å². The molecule has 118 valence electrons. The number of benzene rings is 1. The highest BCUT2D eigenvalue weighted by atomic mass is 16.4. The number of hydrogen-bond donors (Lipinski definition) is 3. The summed E-state index contributed by atoms with van der Waals surface area (Å²) in [6.45, 7) is 1.01. The van der Waals surface area contributed by atoms with Crippen molar-refractivity contribution in [1.29, 1.82) is 0 Å². The lowest BCUT2D eigenvalue weighted by Gasteiger charge is -2.14. The standard InChI is InChI=1S/C15H18N2O5/c1-10(18)7-8-12(15(21)22)17-13(19)9-16-14(20)11-5-3-2-4-6-11/h2-6,12H,7-9H2,1H3,(H,16,20)(H,17,19)(H,21,22)/t12-/m0/s1. The Morgan fingerprint density at radius 1 is 1.14 bits per heavy atom. The molecule has 1 atom stereocenters. The number of aliphatic carboxylic acids is 1. The molecule has 0 aliphatic carbocycles. The van der Waals surface area contributed by atoms with Gasteiger partial charge >= 0.3 is 5.97 Å². The number of carboxylic acid groups (broad SMARTS) is 1. The van der Waals surface area contributed by atoms with E-state index in [-0.39, 0.29) is 25.2 Å². The summed E-state index contributed by atoms with van der Waals surface area (Å²) in [5.41, 5.74) is 0.404. The van der Waals surface area contributed by atoms with E-state index in [9.17, 15) is 19.2 Å². The van der Waals surface area contributed by atoms with E-state index < -0.39 is 23.8 Å². The Labute approximate surface area is 127 Å². The van der Waals surface area contributed by atoms with E-state index in [1.54, 1.807) is 30.3 Å². The first-order valence-corrected chi connectivity index (χ1v) is 6.75. The van der Waals surface area contributed by atoms with Gasteiger partial charge < -0.3 is 20.5 Å². The second kappa shape index (κ2) is 8.56. The molecule has 1 aromatic rings. The Kier molecular flexibility index (Phi) is 6.75. The Bertz CT molecular complexity index is 556. The van der Waals surface area contributed by atoms with Crippen molar-refractivity contribution in [3.63, 3.8) is 0 Å². The molecule has 7 nitrogen and oxygen atoms in total. The van der Waals surface area contributed by atoms with Crippen LogP contribution < -0.4 is 10.6 Å². The van der Waals surface area contributed by atoms with Crippen LogP contribution in [0.4, 0.5) is 0 Å². The molecule has 7 heteroatoms. The van der Waals surface area contributed by atoms with Crippen LogP contribution in [0.5, 0.6) is 0 Å². The van der Waals surface area contributed by atoms with E-state index in [0.29, 0.717) is 5.56 Å². The van der Waals surface area contributed by atoms with Crippen molar-refractivity contribution in [3.8, 4) is 0 Å². The van der Waals surface area contributed by atoms with Crippen LogP contribution in [0.25, 0.3) is 0 Å². The van der Waals surface area contributed by atoms with Gasteiger partial charge in [0.05, 0.1) is 6.54 Å². The van der Waals surface area contributed by atoms with Crippen LogP contribution in [-0.4, -0.2) is 41.3 Å². The summed E-state index contributed by atoms with van der Waals surface area (Å²) in [5.74, 6) is -2.42. The van der Waals surface area contributed by atoms with Gasteiger partial charge in [0, 0.05) is 12.0 Å². The molecule has 0 fully saturated rings. The molecule has 22 heavy (non-hydrogen) atoms. The first kappa shape index (κ1) is 17.4. The van der Waals surface area contributed by atoms with Crippen LogP contribution in [-0.2, 0) is 14.4 Å². The minimum Gasteiger partial charge on any atom is -0.480 e. The quantitative estimate of drug-likeness (QED) is 0.641. The average molecular weight is 306 g/mol. The van der Waals surface area contributed by atoms with Crippen molar-refractivity contribution in [2.75, 3.05) is 6.54 Å².